The van der Waals surface area contributed by atoms with E-state index >= 15 is 0 Å². The van der Waals surface area contributed by atoms with Crippen molar-refractivity contribution in [1.29, 1.82) is 0 Å². The van der Waals surface area contributed by atoms with Crippen LogP contribution >= 0.6 is 11.6 Å². The highest BCUT2D eigenvalue weighted by Gasteiger charge is 2.17. The number of nitrogens with zero attached hydrogens (tertiary/aromatic N) is 1. The largest absolute Gasteiger partial charge is 0.505 e. The average Bonchev–Trinajstić information content (AvgIpc) is 2.82. The molecule has 7 heteroatoms. The third kappa shape index (κ3) is 3.00. The summed E-state index contributed by atoms with van der Waals surface area (Å²) in [4.78, 5) is 23.1. The number of aromatic nitrogens is 1. The van der Waals surface area contributed by atoms with Crippen LogP contribution in [0.1, 0.15) is 27.8 Å². The van der Waals surface area contributed by atoms with Crippen LogP contribution in [0.2, 0.25) is 5.02 Å². The fourth-order valence-electron chi connectivity index (χ4n) is 1.93. The Morgan fingerprint density at radius 2 is 2.10 bits per heavy atom. The van der Waals surface area contributed by atoms with Gasteiger partial charge in [-0.25, -0.2) is 4.79 Å². The number of carboxylic acid groups (broad SMARTS) is 1. The number of aromatic hydroxyl groups is 1. The number of amides is 1. The van der Waals surface area contributed by atoms with Gasteiger partial charge in [-0.1, -0.05) is 17.7 Å². The van der Waals surface area contributed by atoms with E-state index in [1.807, 2.05) is 6.92 Å². The van der Waals surface area contributed by atoms with Crippen molar-refractivity contribution in [1.82, 2.24) is 4.57 Å². The lowest BCUT2D eigenvalue weighted by Gasteiger charge is -2.10. The van der Waals surface area contributed by atoms with Crippen molar-refractivity contribution in [3.8, 4) is 5.75 Å². The van der Waals surface area contributed by atoms with E-state index in [1.165, 1.54) is 24.3 Å². The number of carbonyl (C=O) groups is 2. The van der Waals surface area contributed by atoms with Gasteiger partial charge in [0.2, 0.25) is 0 Å². The second kappa shape index (κ2) is 5.88. The molecule has 0 aliphatic heterocycles. The van der Waals surface area contributed by atoms with Gasteiger partial charge in [-0.05, 0) is 25.1 Å². The Kier molecular flexibility index (Phi) is 4.18. The van der Waals surface area contributed by atoms with E-state index in [-0.39, 0.29) is 11.3 Å². The number of carbonyl (C=O) groups excluding carboxylic acids is 1. The number of halogens is 1. The van der Waals surface area contributed by atoms with E-state index in [9.17, 15) is 14.7 Å². The molecule has 0 saturated carbocycles. The van der Waals surface area contributed by atoms with Crippen LogP contribution in [-0.4, -0.2) is 26.7 Å². The van der Waals surface area contributed by atoms with Crippen LogP contribution in [-0.2, 0) is 6.54 Å². The van der Waals surface area contributed by atoms with Gasteiger partial charge in [0.05, 0.1) is 10.7 Å². The summed E-state index contributed by atoms with van der Waals surface area (Å²) in [5, 5.41) is 21.7. The third-order valence-corrected chi connectivity index (χ3v) is 3.16. The molecule has 1 amide bonds. The van der Waals surface area contributed by atoms with Crippen molar-refractivity contribution < 1.29 is 19.8 Å². The van der Waals surface area contributed by atoms with Gasteiger partial charge >= 0.3 is 5.97 Å². The number of aromatic carboxylic acids is 1. The summed E-state index contributed by atoms with van der Waals surface area (Å²) in [7, 11) is 0. The summed E-state index contributed by atoms with van der Waals surface area (Å²) < 4.78 is 1.65. The Morgan fingerprint density at radius 1 is 1.38 bits per heavy atom. The smallest absolute Gasteiger partial charge is 0.339 e. The standard InChI is InChI=1S/C14H13ClN2O4/c1-2-17-7-8(15)6-11(17)13(19)16-10-5-3-4-9(12(10)18)14(20)21/h3-7,18H,2H2,1H3,(H,16,19)(H,20,21). The molecule has 2 aromatic rings. The zero-order valence-electron chi connectivity index (χ0n) is 11.1. The maximum atomic E-state index is 12.2. The van der Waals surface area contributed by atoms with Gasteiger partial charge in [-0.15, -0.1) is 0 Å². The van der Waals surface area contributed by atoms with Crippen molar-refractivity contribution in [2.24, 2.45) is 0 Å². The van der Waals surface area contributed by atoms with E-state index in [4.69, 9.17) is 16.7 Å². The highest BCUT2D eigenvalue weighted by molar-refractivity contribution is 6.31. The summed E-state index contributed by atoms with van der Waals surface area (Å²) in [6.07, 6.45) is 1.62. The van der Waals surface area contributed by atoms with E-state index in [0.717, 1.165) is 0 Å². The first-order valence-corrected chi connectivity index (χ1v) is 6.54. The maximum absolute atomic E-state index is 12.2. The predicted molar refractivity (Wildman–Crippen MR) is 78.1 cm³/mol. The average molecular weight is 309 g/mol. The van der Waals surface area contributed by atoms with E-state index in [2.05, 4.69) is 5.32 Å². The molecule has 0 radical (unpaired) electrons. The number of carboxylic acids is 1. The molecule has 0 bridgehead atoms. The van der Waals surface area contributed by atoms with Crippen LogP contribution in [0.3, 0.4) is 0 Å². The molecule has 0 aliphatic carbocycles. The molecule has 0 unspecified atom stereocenters. The minimum atomic E-state index is -1.27. The van der Waals surface area contributed by atoms with E-state index < -0.39 is 17.6 Å². The summed E-state index contributed by atoms with van der Waals surface area (Å²) in [6.45, 7) is 2.41. The van der Waals surface area contributed by atoms with Crippen LogP contribution in [0.5, 0.6) is 5.75 Å². The fourth-order valence-corrected chi connectivity index (χ4v) is 2.15. The van der Waals surface area contributed by atoms with Crippen molar-refractivity contribution in [2.45, 2.75) is 13.5 Å². The topological polar surface area (TPSA) is 91.6 Å². The van der Waals surface area contributed by atoms with Crippen LogP contribution in [0, 0.1) is 0 Å². The number of hydrogen-bond acceptors (Lipinski definition) is 3. The number of para-hydroxylation sites is 1. The number of rotatable bonds is 4. The number of nitrogens with one attached hydrogen (secondary N) is 1. The Morgan fingerprint density at radius 3 is 2.71 bits per heavy atom. The number of benzene rings is 1. The molecule has 0 saturated heterocycles. The SMILES string of the molecule is CCn1cc(Cl)cc1C(=O)Nc1cccc(C(=O)O)c1O. The molecule has 1 aromatic carbocycles. The number of anilines is 1. The van der Waals surface area contributed by atoms with Crippen LogP contribution in [0.15, 0.2) is 30.5 Å². The highest BCUT2D eigenvalue weighted by Crippen LogP contribution is 2.28. The summed E-state index contributed by atoms with van der Waals surface area (Å²) in [5.41, 5.74) is 0.0687. The molecule has 110 valence electrons. The lowest BCUT2D eigenvalue weighted by Crippen LogP contribution is -2.16. The molecular weight excluding hydrogens is 296 g/mol. The van der Waals surface area contributed by atoms with E-state index in [0.29, 0.717) is 17.3 Å². The van der Waals surface area contributed by atoms with Gasteiger partial charge in [0, 0.05) is 12.7 Å². The van der Waals surface area contributed by atoms with Crippen molar-refractivity contribution in [3.63, 3.8) is 0 Å². The molecule has 21 heavy (non-hydrogen) atoms. The zero-order valence-corrected chi connectivity index (χ0v) is 11.9. The number of phenols is 1. The molecule has 0 aliphatic rings. The minimum absolute atomic E-state index is 0.0277. The minimum Gasteiger partial charge on any atom is -0.505 e. The van der Waals surface area contributed by atoms with Crippen molar-refractivity contribution in [2.75, 3.05) is 5.32 Å². The Bertz CT molecular complexity index is 709. The van der Waals surface area contributed by atoms with E-state index in [1.54, 1.807) is 10.8 Å². The highest BCUT2D eigenvalue weighted by atomic mass is 35.5. The predicted octanol–water partition coefficient (Wildman–Crippen LogP) is 2.82. The van der Waals surface area contributed by atoms with Gasteiger partial charge in [-0.3, -0.25) is 4.79 Å². The van der Waals surface area contributed by atoms with Crippen LogP contribution < -0.4 is 5.32 Å². The zero-order chi connectivity index (χ0) is 15.6. The van der Waals surface area contributed by atoms with Crippen LogP contribution in [0.25, 0.3) is 0 Å². The molecule has 2 rings (SSSR count). The molecular formula is C14H13ClN2O4. The monoisotopic (exact) mass is 308 g/mol. The maximum Gasteiger partial charge on any atom is 0.339 e. The second-order valence-electron chi connectivity index (χ2n) is 4.29. The fraction of sp³-hybridized carbons (Fsp3) is 0.143. The first-order valence-electron chi connectivity index (χ1n) is 6.16. The van der Waals surface area contributed by atoms with Gasteiger partial charge < -0.3 is 20.1 Å². The molecule has 0 fully saturated rings. The molecule has 0 spiro atoms. The Balaban J connectivity index is 2.32. The summed E-state index contributed by atoms with van der Waals surface area (Å²) in [6, 6.07) is 5.60. The Labute approximate surface area is 125 Å². The third-order valence-electron chi connectivity index (χ3n) is 2.95. The van der Waals surface area contributed by atoms with Crippen LogP contribution in [0.4, 0.5) is 5.69 Å². The van der Waals surface area contributed by atoms with Gasteiger partial charge in [0.1, 0.15) is 11.3 Å². The molecule has 6 nitrogen and oxygen atoms in total. The van der Waals surface area contributed by atoms with Gasteiger partial charge in [0.15, 0.2) is 5.75 Å². The number of aryl methyl sites for hydroxylation is 1. The number of hydrogen-bond donors (Lipinski definition) is 3. The lowest BCUT2D eigenvalue weighted by molar-refractivity contribution is 0.0693. The molecule has 0 atom stereocenters. The molecule has 1 heterocycles. The second-order valence-corrected chi connectivity index (χ2v) is 4.73. The summed E-state index contributed by atoms with van der Waals surface area (Å²) >= 11 is 5.86. The van der Waals surface area contributed by atoms with Crippen molar-refractivity contribution >= 4 is 29.2 Å². The lowest BCUT2D eigenvalue weighted by atomic mass is 10.1. The van der Waals surface area contributed by atoms with Gasteiger partial charge in [-0.2, -0.15) is 0 Å². The first-order chi connectivity index (χ1) is 9.93. The molecule has 1 aromatic heterocycles. The van der Waals surface area contributed by atoms with Gasteiger partial charge in [0.25, 0.3) is 5.91 Å². The Hall–Kier alpha value is -2.47. The molecule has 3 N–H and O–H groups in total. The van der Waals surface area contributed by atoms with Crippen molar-refractivity contribution in [3.05, 3.63) is 46.7 Å². The normalized spacial score (nSPS) is 10.4. The first kappa shape index (κ1) is 14.9. The quantitative estimate of drug-likeness (QED) is 0.757. The summed E-state index contributed by atoms with van der Waals surface area (Å²) in [5.74, 6) is -2.25.